The molecule has 114 valence electrons. The molecule has 0 aliphatic rings. The van der Waals surface area contributed by atoms with Crippen LogP contribution in [0.5, 0.6) is 0 Å². The third-order valence-electron chi connectivity index (χ3n) is 2.96. The van der Waals surface area contributed by atoms with Crippen molar-refractivity contribution >= 4 is 0 Å². The molecule has 0 atom stereocenters. The minimum atomic E-state index is -4.54. The lowest BCUT2D eigenvalue weighted by Gasteiger charge is -2.10. The van der Waals surface area contributed by atoms with Crippen LogP contribution in [-0.2, 0) is 26.2 Å². The van der Waals surface area contributed by atoms with E-state index in [1.807, 2.05) is 13.2 Å². The topological polar surface area (TPSA) is 29.9 Å². The van der Waals surface area contributed by atoms with Gasteiger partial charge in [0.15, 0.2) is 0 Å². The number of nitrogens with one attached hydrogen (secondary N) is 1. The zero-order chi connectivity index (χ0) is 15.5. The van der Waals surface area contributed by atoms with Crippen molar-refractivity contribution in [3.8, 4) is 0 Å². The largest absolute Gasteiger partial charge is 0.416 e. The van der Waals surface area contributed by atoms with Gasteiger partial charge in [0.25, 0.3) is 0 Å². The molecule has 1 N–H and O–H groups in total. The fourth-order valence-electron chi connectivity index (χ4n) is 1.98. The maximum Gasteiger partial charge on any atom is 0.416 e. The Kier molecular flexibility index (Phi) is 4.62. The molecule has 1 heterocycles. The SMILES string of the molecule is Cn1cc(CCNCc2cc(F)cc(C(F)(F)F)c2)cn1. The molecule has 7 heteroatoms. The minimum Gasteiger partial charge on any atom is -0.312 e. The molecular formula is C14H15F4N3. The molecule has 0 fully saturated rings. The molecule has 0 amide bonds. The van der Waals surface area contributed by atoms with Crippen LogP contribution in [0.4, 0.5) is 17.6 Å². The van der Waals surface area contributed by atoms with Crippen molar-refractivity contribution in [1.29, 1.82) is 0 Å². The second kappa shape index (κ2) is 6.26. The van der Waals surface area contributed by atoms with E-state index < -0.39 is 17.6 Å². The third-order valence-corrected chi connectivity index (χ3v) is 2.96. The zero-order valence-electron chi connectivity index (χ0n) is 11.4. The number of rotatable bonds is 5. The number of halogens is 4. The predicted molar refractivity (Wildman–Crippen MR) is 70.0 cm³/mol. The highest BCUT2D eigenvalue weighted by Crippen LogP contribution is 2.30. The molecule has 0 bridgehead atoms. The van der Waals surface area contributed by atoms with Crippen molar-refractivity contribution in [2.45, 2.75) is 19.1 Å². The van der Waals surface area contributed by atoms with Crippen LogP contribution in [0.15, 0.2) is 30.6 Å². The Morgan fingerprint density at radius 3 is 2.57 bits per heavy atom. The van der Waals surface area contributed by atoms with Gasteiger partial charge in [0, 0.05) is 19.8 Å². The minimum absolute atomic E-state index is 0.182. The number of hydrogen-bond donors (Lipinski definition) is 1. The lowest BCUT2D eigenvalue weighted by molar-refractivity contribution is -0.137. The van der Waals surface area contributed by atoms with Gasteiger partial charge in [-0.25, -0.2) is 4.39 Å². The summed E-state index contributed by atoms with van der Waals surface area (Å²) >= 11 is 0. The van der Waals surface area contributed by atoms with E-state index in [2.05, 4.69) is 10.4 Å². The predicted octanol–water partition coefficient (Wildman–Crippen LogP) is 2.91. The van der Waals surface area contributed by atoms with Crippen LogP contribution in [0, 0.1) is 5.82 Å². The van der Waals surface area contributed by atoms with E-state index in [1.165, 1.54) is 0 Å². The van der Waals surface area contributed by atoms with Crippen LogP contribution < -0.4 is 5.32 Å². The van der Waals surface area contributed by atoms with Gasteiger partial charge in [-0.1, -0.05) is 0 Å². The van der Waals surface area contributed by atoms with E-state index in [9.17, 15) is 17.6 Å². The molecule has 0 saturated heterocycles. The number of aromatic nitrogens is 2. The van der Waals surface area contributed by atoms with Gasteiger partial charge in [-0.15, -0.1) is 0 Å². The van der Waals surface area contributed by atoms with E-state index in [1.54, 1.807) is 10.9 Å². The van der Waals surface area contributed by atoms with E-state index in [-0.39, 0.29) is 12.1 Å². The van der Waals surface area contributed by atoms with Gasteiger partial charge in [-0.2, -0.15) is 18.3 Å². The molecule has 0 unspecified atom stereocenters. The third kappa shape index (κ3) is 4.56. The normalized spacial score (nSPS) is 11.9. The number of hydrogen-bond acceptors (Lipinski definition) is 2. The molecule has 3 nitrogen and oxygen atoms in total. The van der Waals surface area contributed by atoms with Crippen molar-refractivity contribution in [3.05, 3.63) is 53.1 Å². The summed E-state index contributed by atoms with van der Waals surface area (Å²) in [6.45, 7) is 0.755. The number of nitrogens with zero attached hydrogens (tertiary/aromatic N) is 2. The van der Waals surface area contributed by atoms with Gasteiger partial charge in [0.1, 0.15) is 5.82 Å². The maximum absolute atomic E-state index is 13.2. The van der Waals surface area contributed by atoms with E-state index in [0.29, 0.717) is 19.0 Å². The van der Waals surface area contributed by atoms with Crippen molar-refractivity contribution in [3.63, 3.8) is 0 Å². The average Bonchev–Trinajstić information content (AvgIpc) is 2.79. The number of alkyl halides is 3. The average molecular weight is 301 g/mol. The molecule has 21 heavy (non-hydrogen) atoms. The van der Waals surface area contributed by atoms with E-state index in [0.717, 1.165) is 17.7 Å². The number of aryl methyl sites for hydroxylation is 1. The number of benzene rings is 1. The fraction of sp³-hybridized carbons (Fsp3) is 0.357. The quantitative estimate of drug-likeness (QED) is 0.680. The highest BCUT2D eigenvalue weighted by Gasteiger charge is 2.31. The lowest BCUT2D eigenvalue weighted by Crippen LogP contribution is -2.17. The maximum atomic E-state index is 13.2. The van der Waals surface area contributed by atoms with Gasteiger partial charge in [-0.3, -0.25) is 4.68 Å². The summed E-state index contributed by atoms with van der Waals surface area (Å²) in [7, 11) is 1.81. The summed E-state index contributed by atoms with van der Waals surface area (Å²) in [5.41, 5.74) is 0.334. The highest BCUT2D eigenvalue weighted by molar-refractivity contribution is 5.26. The summed E-state index contributed by atoms with van der Waals surface area (Å²) in [6, 6.07) is 2.56. The van der Waals surface area contributed by atoms with Gasteiger partial charge in [0.05, 0.1) is 11.8 Å². The van der Waals surface area contributed by atoms with Crippen LogP contribution >= 0.6 is 0 Å². The van der Waals surface area contributed by atoms with E-state index >= 15 is 0 Å². The Hall–Kier alpha value is -1.89. The van der Waals surface area contributed by atoms with Gasteiger partial charge in [-0.05, 0) is 42.3 Å². The fourth-order valence-corrected chi connectivity index (χ4v) is 1.98. The highest BCUT2D eigenvalue weighted by atomic mass is 19.4. The molecule has 0 aliphatic heterocycles. The van der Waals surface area contributed by atoms with Gasteiger partial charge < -0.3 is 5.32 Å². The van der Waals surface area contributed by atoms with Crippen molar-refractivity contribution < 1.29 is 17.6 Å². The second-order valence-corrected chi connectivity index (χ2v) is 4.79. The lowest BCUT2D eigenvalue weighted by atomic mass is 10.1. The first-order chi connectivity index (χ1) is 9.84. The Balaban J connectivity index is 1.89. The first-order valence-electron chi connectivity index (χ1n) is 6.39. The Bertz CT molecular complexity index is 605. The Labute approximate surface area is 119 Å². The van der Waals surface area contributed by atoms with E-state index in [4.69, 9.17) is 0 Å². The molecular weight excluding hydrogens is 286 g/mol. The van der Waals surface area contributed by atoms with Crippen LogP contribution in [0.3, 0.4) is 0 Å². The molecule has 2 aromatic rings. The van der Waals surface area contributed by atoms with Crippen LogP contribution in [-0.4, -0.2) is 16.3 Å². The first-order valence-corrected chi connectivity index (χ1v) is 6.39. The molecule has 1 aromatic heterocycles. The van der Waals surface area contributed by atoms with Crippen LogP contribution in [0.25, 0.3) is 0 Å². The zero-order valence-corrected chi connectivity index (χ0v) is 11.4. The molecule has 2 rings (SSSR count). The van der Waals surface area contributed by atoms with Crippen LogP contribution in [0.2, 0.25) is 0 Å². The Morgan fingerprint density at radius 2 is 1.95 bits per heavy atom. The van der Waals surface area contributed by atoms with Crippen molar-refractivity contribution in [1.82, 2.24) is 15.1 Å². The van der Waals surface area contributed by atoms with Crippen LogP contribution in [0.1, 0.15) is 16.7 Å². The standard InChI is InChI=1S/C14H15F4N3/c1-21-9-10(8-20-21)2-3-19-7-11-4-12(14(16,17)18)6-13(15)5-11/h4-6,8-9,19H,2-3,7H2,1H3. The smallest absolute Gasteiger partial charge is 0.312 e. The summed E-state index contributed by atoms with van der Waals surface area (Å²) in [5, 5.41) is 7.01. The van der Waals surface area contributed by atoms with Crippen molar-refractivity contribution in [2.75, 3.05) is 6.54 Å². The molecule has 0 radical (unpaired) electrons. The monoisotopic (exact) mass is 301 g/mol. The molecule has 1 aromatic carbocycles. The Morgan fingerprint density at radius 1 is 1.19 bits per heavy atom. The van der Waals surface area contributed by atoms with Crippen molar-refractivity contribution in [2.24, 2.45) is 7.05 Å². The van der Waals surface area contributed by atoms with Gasteiger partial charge in [0.2, 0.25) is 0 Å². The summed E-state index contributed by atoms with van der Waals surface area (Å²) in [6.07, 6.45) is -0.237. The molecule has 0 aliphatic carbocycles. The first kappa shape index (κ1) is 15.5. The summed E-state index contributed by atoms with van der Waals surface area (Å²) in [4.78, 5) is 0. The second-order valence-electron chi connectivity index (χ2n) is 4.79. The van der Waals surface area contributed by atoms with Gasteiger partial charge >= 0.3 is 6.18 Å². The molecule has 0 saturated carbocycles. The summed E-state index contributed by atoms with van der Waals surface area (Å²) in [5.74, 6) is -0.881. The molecule has 0 spiro atoms. The summed E-state index contributed by atoms with van der Waals surface area (Å²) < 4.78 is 52.6.